The van der Waals surface area contributed by atoms with Crippen LogP contribution in [0, 0.1) is 0 Å². The lowest BCUT2D eigenvalue weighted by molar-refractivity contribution is -0.139. The highest BCUT2D eigenvalue weighted by molar-refractivity contribution is 5.87. The number of rotatable bonds is 7. The monoisotopic (exact) mass is 300 g/mol. The van der Waals surface area contributed by atoms with Gasteiger partial charge in [0, 0.05) is 5.57 Å². The second-order valence-electron chi connectivity index (χ2n) is 4.87. The third-order valence-corrected chi connectivity index (χ3v) is 3.03. The second-order valence-corrected chi connectivity index (χ2v) is 4.87. The van der Waals surface area contributed by atoms with Gasteiger partial charge in [0.25, 0.3) is 0 Å². The number of esters is 1. The van der Waals surface area contributed by atoms with Crippen molar-refractivity contribution < 1.29 is 19.0 Å². The van der Waals surface area contributed by atoms with Gasteiger partial charge in [-0.05, 0) is 48.9 Å². The Morgan fingerprint density at radius 1 is 1.00 bits per heavy atom. The molecule has 0 amide bonds. The summed E-state index contributed by atoms with van der Waals surface area (Å²) in [4.78, 5) is 11.2. The highest BCUT2D eigenvalue weighted by Crippen LogP contribution is 2.25. The van der Waals surface area contributed by atoms with Gasteiger partial charge in [0.2, 0.25) is 0 Å². The molecule has 2 aromatic rings. The van der Waals surface area contributed by atoms with E-state index in [2.05, 4.69) is 6.58 Å². The summed E-state index contributed by atoms with van der Waals surface area (Å²) in [5.74, 6) is 1.20. The van der Waals surface area contributed by atoms with Crippen LogP contribution in [0.5, 0.6) is 11.5 Å². The van der Waals surface area contributed by atoms with Gasteiger partial charge in [-0.15, -0.1) is 0 Å². The van der Waals surface area contributed by atoms with Crippen molar-refractivity contribution in [3.05, 3.63) is 48.6 Å². The van der Waals surface area contributed by atoms with E-state index < -0.39 is 5.97 Å². The van der Waals surface area contributed by atoms with Crippen LogP contribution in [0.25, 0.3) is 10.8 Å². The summed E-state index contributed by atoms with van der Waals surface area (Å²) in [6.07, 6.45) is 0. The summed E-state index contributed by atoms with van der Waals surface area (Å²) < 4.78 is 16.0. The molecule has 22 heavy (non-hydrogen) atoms. The highest BCUT2D eigenvalue weighted by Gasteiger charge is 2.03. The van der Waals surface area contributed by atoms with E-state index in [9.17, 15) is 4.79 Å². The molecule has 4 nitrogen and oxygen atoms in total. The van der Waals surface area contributed by atoms with Gasteiger partial charge < -0.3 is 14.2 Å². The van der Waals surface area contributed by atoms with Crippen LogP contribution in [0.15, 0.2) is 48.6 Å². The molecule has 0 aliphatic rings. The predicted octanol–water partition coefficient (Wildman–Crippen LogP) is 3.74. The van der Waals surface area contributed by atoms with E-state index in [1.54, 1.807) is 6.92 Å². The first-order valence-corrected chi connectivity index (χ1v) is 7.22. The van der Waals surface area contributed by atoms with Crippen LogP contribution >= 0.6 is 0 Å². The lowest BCUT2D eigenvalue weighted by Crippen LogP contribution is -2.12. The highest BCUT2D eigenvalue weighted by atomic mass is 16.6. The number of hydrogen-bond acceptors (Lipinski definition) is 4. The van der Waals surface area contributed by atoms with Crippen molar-refractivity contribution in [3.8, 4) is 11.5 Å². The van der Waals surface area contributed by atoms with Gasteiger partial charge in [-0.3, -0.25) is 0 Å². The molecule has 0 radical (unpaired) electrons. The molecule has 0 aliphatic heterocycles. The van der Waals surface area contributed by atoms with Gasteiger partial charge in [-0.25, -0.2) is 4.79 Å². The zero-order valence-electron chi connectivity index (χ0n) is 12.9. The van der Waals surface area contributed by atoms with Gasteiger partial charge in [-0.1, -0.05) is 18.7 Å². The lowest BCUT2D eigenvalue weighted by atomic mass is 10.1. The van der Waals surface area contributed by atoms with Gasteiger partial charge in [0.15, 0.2) is 0 Å². The van der Waals surface area contributed by atoms with Crippen LogP contribution < -0.4 is 9.47 Å². The molecule has 0 spiro atoms. The predicted molar refractivity (Wildman–Crippen MR) is 86.4 cm³/mol. The standard InChI is InChI=1S/C18H20O4/c1-4-20-16-7-5-15-12-17(8-6-14(15)11-16)21-9-10-22-18(19)13(2)3/h5-8,11-12H,2,4,9-10H2,1,3H3. The van der Waals surface area contributed by atoms with Crippen molar-refractivity contribution in [2.75, 3.05) is 19.8 Å². The third kappa shape index (κ3) is 4.25. The molecule has 0 unspecified atom stereocenters. The average molecular weight is 300 g/mol. The van der Waals surface area contributed by atoms with E-state index in [1.807, 2.05) is 43.3 Å². The number of hydrogen-bond donors (Lipinski definition) is 0. The van der Waals surface area contributed by atoms with E-state index in [0.29, 0.717) is 18.8 Å². The summed E-state index contributed by atoms with van der Waals surface area (Å²) in [5, 5.41) is 2.16. The van der Waals surface area contributed by atoms with Crippen molar-refractivity contribution in [3.63, 3.8) is 0 Å². The molecule has 116 valence electrons. The Morgan fingerprint density at radius 3 is 2.14 bits per heavy atom. The van der Waals surface area contributed by atoms with Crippen LogP contribution in [-0.4, -0.2) is 25.8 Å². The lowest BCUT2D eigenvalue weighted by Gasteiger charge is -2.09. The van der Waals surface area contributed by atoms with E-state index in [-0.39, 0.29) is 6.61 Å². The fourth-order valence-electron chi connectivity index (χ4n) is 1.97. The van der Waals surface area contributed by atoms with Gasteiger partial charge in [0.05, 0.1) is 6.61 Å². The SMILES string of the molecule is C=C(C)C(=O)OCCOc1ccc2cc(OCC)ccc2c1. The molecule has 0 atom stereocenters. The fourth-order valence-corrected chi connectivity index (χ4v) is 1.97. The molecular weight excluding hydrogens is 280 g/mol. The number of fused-ring (bicyclic) bond motifs is 1. The van der Waals surface area contributed by atoms with Gasteiger partial charge >= 0.3 is 5.97 Å². The zero-order chi connectivity index (χ0) is 15.9. The Hall–Kier alpha value is -2.49. The van der Waals surface area contributed by atoms with Crippen LogP contribution in [0.2, 0.25) is 0 Å². The molecule has 0 fully saturated rings. The van der Waals surface area contributed by atoms with Crippen molar-refractivity contribution in [2.24, 2.45) is 0 Å². The van der Waals surface area contributed by atoms with Crippen LogP contribution in [0.1, 0.15) is 13.8 Å². The first-order valence-electron chi connectivity index (χ1n) is 7.22. The molecule has 0 saturated carbocycles. The maximum atomic E-state index is 11.2. The van der Waals surface area contributed by atoms with E-state index in [1.165, 1.54) is 0 Å². The van der Waals surface area contributed by atoms with Crippen molar-refractivity contribution in [1.29, 1.82) is 0 Å². The number of ether oxygens (including phenoxy) is 3. The fraction of sp³-hybridized carbons (Fsp3) is 0.278. The molecule has 2 aromatic carbocycles. The Morgan fingerprint density at radius 2 is 1.59 bits per heavy atom. The summed E-state index contributed by atoms with van der Waals surface area (Å²) >= 11 is 0. The largest absolute Gasteiger partial charge is 0.494 e. The Balaban J connectivity index is 1.94. The van der Waals surface area contributed by atoms with Crippen molar-refractivity contribution in [2.45, 2.75) is 13.8 Å². The molecule has 0 heterocycles. The van der Waals surface area contributed by atoms with E-state index in [4.69, 9.17) is 14.2 Å². The minimum atomic E-state index is -0.398. The molecule has 2 rings (SSSR count). The molecule has 0 aromatic heterocycles. The molecule has 0 saturated heterocycles. The third-order valence-electron chi connectivity index (χ3n) is 3.03. The molecule has 0 bridgehead atoms. The zero-order valence-corrected chi connectivity index (χ0v) is 12.9. The number of carbonyl (C=O) groups is 1. The Labute approximate surface area is 130 Å². The summed E-state index contributed by atoms with van der Waals surface area (Å²) in [7, 11) is 0. The van der Waals surface area contributed by atoms with Crippen LogP contribution in [0.3, 0.4) is 0 Å². The Bertz CT molecular complexity index is 676. The Kier molecular flexibility index (Phi) is 5.42. The second kappa shape index (κ2) is 7.50. The topological polar surface area (TPSA) is 44.8 Å². The summed E-state index contributed by atoms with van der Waals surface area (Å²) in [6.45, 7) is 8.25. The molecular formula is C18H20O4. The number of benzene rings is 2. The first kappa shape index (κ1) is 15.9. The van der Waals surface area contributed by atoms with Crippen LogP contribution in [-0.2, 0) is 9.53 Å². The number of carbonyl (C=O) groups excluding carboxylic acids is 1. The average Bonchev–Trinajstić information content (AvgIpc) is 2.51. The normalized spacial score (nSPS) is 10.3. The maximum Gasteiger partial charge on any atom is 0.333 e. The maximum absolute atomic E-state index is 11.2. The van der Waals surface area contributed by atoms with Crippen molar-refractivity contribution >= 4 is 16.7 Å². The summed E-state index contributed by atoms with van der Waals surface area (Å²) in [6, 6.07) is 11.7. The summed E-state index contributed by atoms with van der Waals surface area (Å²) in [5.41, 5.74) is 0.385. The minimum absolute atomic E-state index is 0.201. The molecule has 0 N–H and O–H groups in total. The van der Waals surface area contributed by atoms with Crippen LogP contribution in [0.4, 0.5) is 0 Å². The molecule has 4 heteroatoms. The quantitative estimate of drug-likeness (QED) is 0.444. The minimum Gasteiger partial charge on any atom is -0.494 e. The molecule has 0 aliphatic carbocycles. The van der Waals surface area contributed by atoms with E-state index in [0.717, 1.165) is 22.3 Å². The van der Waals surface area contributed by atoms with Gasteiger partial charge in [-0.2, -0.15) is 0 Å². The first-order chi connectivity index (χ1) is 10.6. The van der Waals surface area contributed by atoms with Gasteiger partial charge in [0.1, 0.15) is 24.7 Å². The smallest absolute Gasteiger partial charge is 0.333 e. The van der Waals surface area contributed by atoms with Crippen molar-refractivity contribution in [1.82, 2.24) is 0 Å². The van der Waals surface area contributed by atoms with E-state index >= 15 is 0 Å².